The Balaban J connectivity index is 2.95. The fourth-order valence-corrected chi connectivity index (χ4v) is 1.65. The van der Waals surface area contributed by atoms with Crippen LogP contribution >= 0.6 is 0 Å². The van der Waals surface area contributed by atoms with Crippen LogP contribution in [0.1, 0.15) is 34.1 Å². The Morgan fingerprint density at radius 3 is 2.55 bits per heavy atom. The molecule has 0 unspecified atom stereocenters. The van der Waals surface area contributed by atoms with Crippen LogP contribution in [0.4, 0.5) is 0 Å². The van der Waals surface area contributed by atoms with Crippen LogP contribution in [0.15, 0.2) is 11.6 Å². The zero-order chi connectivity index (χ0) is 8.65. The second-order valence-electron chi connectivity index (χ2n) is 4.24. The maximum Gasteiger partial charge on any atom is 0.156 e. The molecular formula is C10H16O. The molecule has 0 heterocycles. The molecule has 1 aliphatic carbocycles. The van der Waals surface area contributed by atoms with Gasteiger partial charge in [0.25, 0.3) is 0 Å². The van der Waals surface area contributed by atoms with Crippen molar-refractivity contribution in [1.82, 2.24) is 0 Å². The Kier molecular flexibility index (Phi) is 1.91. The molecule has 0 radical (unpaired) electrons. The molecule has 0 aromatic heterocycles. The largest absolute Gasteiger partial charge is 0.295 e. The van der Waals surface area contributed by atoms with Crippen molar-refractivity contribution in [2.24, 2.45) is 11.3 Å². The standard InChI is InChI=1S/C10H16O/c1-7-5-9(11)6-10(3,4)8(7)2/h5,8H,6H2,1-4H3/t8-/m1/s1. The summed E-state index contributed by atoms with van der Waals surface area (Å²) in [5.74, 6) is 0.825. The average Bonchev–Trinajstić information content (AvgIpc) is 1.81. The predicted octanol–water partition coefficient (Wildman–Crippen LogP) is 2.57. The molecule has 0 fully saturated rings. The number of hydrogen-bond donors (Lipinski definition) is 0. The minimum Gasteiger partial charge on any atom is -0.295 e. The number of allylic oxidation sites excluding steroid dienone is 2. The van der Waals surface area contributed by atoms with E-state index in [1.54, 1.807) is 6.08 Å². The van der Waals surface area contributed by atoms with E-state index in [0.29, 0.717) is 12.3 Å². The second-order valence-corrected chi connectivity index (χ2v) is 4.24. The minimum atomic E-state index is 0.163. The predicted molar refractivity (Wildman–Crippen MR) is 46.3 cm³/mol. The molecule has 62 valence electrons. The smallest absolute Gasteiger partial charge is 0.156 e. The van der Waals surface area contributed by atoms with Crippen LogP contribution in [-0.4, -0.2) is 5.78 Å². The molecule has 0 saturated heterocycles. The fourth-order valence-electron chi connectivity index (χ4n) is 1.65. The highest BCUT2D eigenvalue weighted by Gasteiger charge is 2.32. The number of hydrogen-bond acceptors (Lipinski definition) is 1. The molecule has 0 aliphatic heterocycles. The van der Waals surface area contributed by atoms with E-state index in [4.69, 9.17) is 0 Å². The van der Waals surface area contributed by atoms with E-state index in [9.17, 15) is 4.79 Å². The van der Waals surface area contributed by atoms with Crippen molar-refractivity contribution in [3.8, 4) is 0 Å². The summed E-state index contributed by atoms with van der Waals surface area (Å²) in [6.45, 7) is 8.56. The average molecular weight is 152 g/mol. The van der Waals surface area contributed by atoms with Crippen molar-refractivity contribution in [1.29, 1.82) is 0 Å². The van der Waals surface area contributed by atoms with Gasteiger partial charge >= 0.3 is 0 Å². The first-order chi connectivity index (χ1) is 4.93. The summed E-state index contributed by atoms with van der Waals surface area (Å²) in [4.78, 5) is 11.2. The molecule has 0 amide bonds. The lowest BCUT2D eigenvalue weighted by Gasteiger charge is -2.34. The molecular weight excluding hydrogens is 136 g/mol. The van der Waals surface area contributed by atoms with E-state index < -0.39 is 0 Å². The molecule has 1 atom stereocenters. The van der Waals surface area contributed by atoms with Gasteiger partial charge in [0.1, 0.15) is 0 Å². The monoisotopic (exact) mass is 152 g/mol. The van der Waals surface area contributed by atoms with Gasteiger partial charge in [-0.3, -0.25) is 4.79 Å². The molecule has 1 heteroatoms. The van der Waals surface area contributed by atoms with Crippen LogP contribution in [0, 0.1) is 11.3 Å². The zero-order valence-electron chi connectivity index (χ0n) is 7.77. The lowest BCUT2D eigenvalue weighted by atomic mass is 9.69. The third-order valence-electron chi connectivity index (χ3n) is 2.87. The summed E-state index contributed by atoms with van der Waals surface area (Å²) >= 11 is 0. The molecule has 1 nitrogen and oxygen atoms in total. The highest BCUT2D eigenvalue weighted by molar-refractivity contribution is 5.91. The van der Waals surface area contributed by atoms with Crippen molar-refractivity contribution in [2.45, 2.75) is 34.1 Å². The molecule has 11 heavy (non-hydrogen) atoms. The van der Waals surface area contributed by atoms with Crippen molar-refractivity contribution in [3.63, 3.8) is 0 Å². The maximum absolute atomic E-state index is 11.2. The highest BCUT2D eigenvalue weighted by Crippen LogP contribution is 2.38. The van der Waals surface area contributed by atoms with E-state index >= 15 is 0 Å². The van der Waals surface area contributed by atoms with E-state index in [1.165, 1.54) is 5.57 Å². The lowest BCUT2D eigenvalue weighted by molar-refractivity contribution is -0.117. The lowest BCUT2D eigenvalue weighted by Crippen LogP contribution is -2.29. The SMILES string of the molecule is CC1=CC(=O)CC(C)(C)[C@@H]1C. The van der Waals surface area contributed by atoms with Crippen molar-refractivity contribution >= 4 is 5.78 Å². The van der Waals surface area contributed by atoms with Crippen LogP contribution in [0.2, 0.25) is 0 Å². The Labute approximate surface area is 68.5 Å². The Hall–Kier alpha value is -0.590. The first-order valence-electron chi connectivity index (χ1n) is 4.14. The summed E-state index contributed by atoms with van der Waals surface area (Å²) in [7, 11) is 0. The molecule has 0 N–H and O–H groups in total. The van der Waals surface area contributed by atoms with Crippen LogP contribution in [0.5, 0.6) is 0 Å². The number of carbonyl (C=O) groups excluding carboxylic acids is 1. The van der Waals surface area contributed by atoms with Gasteiger partial charge in [-0.25, -0.2) is 0 Å². The number of ketones is 1. The number of carbonyl (C=O) groups is 1. The topological polar surface area (TPSA) is 17.1 Å². The molecule has 0 saturated carbocycles. The van der Waals surface area contributed by atoms with Gasteiger partial charge in [-0.2, -0.15) is 0 Å². The normalized spacial score (nSPS) is 30.0. The Morgan fingerprint density at radius 2 is 2.09 bits per heavy atom. The summed E-state index contributed by atoms with van der Waals surface area (Å²) in [5, 5.41) is 0. The third-order valence-corrected chi connectivity index (χ3v) is 2.87. The summed E-state index contributed by atoms with van der Waals surface area (Å²) in [6.07, 6.45) is 2.49. The van der Waals surface area contributed by atoms with Crippen LogP contribution in [-0.2, 0) is 4.79 Å². The minimum absolute atomic E-state index is 0.163. The van der Waals surface area contributed by atoms with E-state index in [2.05, 4.69) is 20.8 Å². The maximum atomic E-state index is 11.2. The van der Waals surface area contributed by atoms with Crippen molar-refractivity contribution in [2.75, 3.05) is 0 Å². The van der Waals surface area contributed by atoms with E-state index in [1.807, 2.05) is 6.92 Å². The molecule has 0 bridgehead atoms. The Morgan fingerprint density at radius 1 is 1.55 bits per heavy atom. The highest BCUT2D eigenvalue weighted by atomic mass is 16.1. The van der Waals surface area contributed by atoms with Gasteiger partial charge in [0, 0.05) is 6.42 Å². The van der Waals surface area contributed by atoms with Crippen LogP contribution in [0.3, 0.4) is 0 Å². The summed E-state index contributed by atoms with van der Waals surface area (Å²) in [6, 6.07) is 0. The molecule has 1 aliphatic rings. The van der Waals surface area contributed by atoms with Gasteiger partial charge < -0.3 is 0 Å². The van der Waals surface area contributed by atoms with Gasteiger partial charge in [-0.15, -0.1) is 0 Å². The molecule has 0 aromatic carbocycles. The fraction of sp³-hybridized carbons (Fsp3) is 0.700. The number of rotatable bonds is 0. The van der Waals surface area contributed by atoms with Crippen molar-refractivity contribution in [3.05, 3.63) is 11.6 Å². The second kappa shape index (κ2) is 2.47. The van der Waals surface area contributed by atoms with Crippen LogP contribution < -0.4 is 0 Å². The summed E-state index contributed by atoms with van der Waals surface area (Å²) in [5.41, 5.74) is 1.39. The van der Waals surface area contributed by atoms with Gasteiger partial charge in [-0.05, 0) is 24.3 Å². The zero-order valence-corrected chi connectivity index (χ0v) is 7.77. The summed E-state index contributed by atoms with van der Waals surface area (Å²) < 4.78 is 0. The molecule has 1 rings (SSSR count). The third kappa shape index (κ3) is 1.52. The molecule has 0 aromatic rings. The van der Waals surface area contributed by atoms with Gasteiger partial charge in [0.2, 0.25) is 0 Å². The van der Waals surface area contributed by atoms with Crippen LogP contribution in [0.25, 0.3) is 0 Å². The first kappa shape index (κ1) is 8.51. The quantitative estimate of drug-likeness (QED) is 0.521. The van der Waals surface area contributed by atoms with Gasteiger partial charge in [0.15, 0.2) is 5.78 Å². The Bertz CT molecular complexity index is 211. The van der Waals surface area contributed by atoms with Gasteiger partial charge in [-0.1, -0.05) is 26.3 Å². The van der Waals surface area contributed by atoms with E-state index in [0.717, 1.165) is 0 Å². The van der Waals surface area contributed by atoms with Gasteiger partial charge in [0.05, 0.1) is 0 Å². The first-order valence-corrected chi connectivity index (χ1v) is 4.14. The van der Waals surface area contributed by atoms with E-state index in [-0.39, 0.29) is 11.2 Å². The molecule has 0 spiro atoms. The van der Waals surface area contributed by atoms with Crippen molar-refractivity contribution < 1.29 is 4.79 Å².